The van der Waals surface area contributed by atoms with E-state index < -0.39 is 11.9 Å². The van der Waals surface area contributed by atoms with Gasteiger partial charge in [0.15, 0.2) is 0 Å². The third-order valence-electron chi connectivity index (χ3n) is 15.5. The smallest absolute Gasteiger partial charge is 0.307 e. The molecular weight excluding hydrogens is 592 g/mol. The maximum Gasteiger partial charge on any atom is 0.307 e. The van der Waals surface area contributed by atoms with E-state index in [9.17, 15) is 9.90 Å². The standard InChI is InChI=1S/C37H62N6O4/c1-20(2)22(5)33(7)15-16-35(9)24-11-12-27-34(8)18-46-19-37(27,25(24)13-14-36(35,10)29(33)31(44)45)17-26(43-41-32(39)40-42-43)30(34)47-23(6)28(38)21(3)4/h13,20-24,26-30H,11-12,14-19,38H2,1-10H3,(H2,39,41)(H,44,45)/t22-,23?,24+,26-,27+,28?,29-,30+,33-,34?,35-,36+,37+/m1/s1. The molecule has 0 amide bonds. The molecule has 1 aromatic rings. The number of fused-ring (bicyclic) bond motifs is 3. The number of hydrogen-bond acceptors (Lipinski definition) is 8. The van der Waals surface area contributed by atoms with E-state index in [1.807, 2.05) is 0 Å². The van der Waals surface area contributed by atoms with Gasteiger partial charge in [-0.2, -0.15) is 4.80 Å². The van der Waals surface area contributed by atoms with Gasteiger partial charge in [0.2, 0.25) is 0 Å². The first kappa shape index (κ1) is 34.8. The van der Waals surface area contributed by atoms with Gasteiger partial charge in [-0.05, 0) is 96.5 Å². The Morgan fingerprint density at radius 2 is 1.74 bits per heavy atom. The predicted octanol–water partition coefficient (Wildman–Crippen LogP) is 6.14. The molecule has 47 heavy (non-hydrogen) atoms. The number of rotatable bonds is 8. The molecule has 2 heterocycles. The van der Waals surface area contributed by atoms with Crippen molar-refractivity contribution >= 4 is 11.9 Å². The van der Waals surface area contributed by atoms with Crippen LogP contribution in [0, 0.1) is 62.6 Å². The number of nitrogens with zero attached hydrogens (tertiary/aromatic N) is 4. The summed E-state index contributed by atoms with van der Waals surface area (Å²) < 4.78 is 13.7. The highest BCUT2D eigenvalue weighted by Gasteiger charge is 2.72. The Morgan fingerprint density at radius 3 is 2.34 bits per heavy atom. The minimum absolute atomic E-state index is 0.115. The molecule has 1 aliphatic heterocycles. The van der Waals surface area contributed by atoms with Crippen molar-refractivity contribution in [1.82, 2.24) is 20.2 Å². The third kappa shape index (κ3) is 4.80. The highest BCUT2D eigenvalue weighted by molar-refractivity contribution is 5.73. The molecule has 6 rings (SSSR count). The van der Waals surface area contributed by atoms with Crippen LogP contribution in [0.2, 0.25) is 0 Å². The molecule has 2 bridgehead atoms. The van der Waals surface area contributed by atoms with Crippen molar-refractivity contribution < 1.29 is 19.4 Å². The maximum atomic E-state index is 13.4. The maximum absolute atomic E-state index is 13.4. The number of carbonyl (C=O) groups is 1. The van der Waals surface area contributed by atoms with Crippen LogP contribution in [-0.4, -0.2) is 62.7 Å². The summed E-state index contributed by atoms with van der Waals surface area (Å²) in [5.41, 5.74) is 12.9. The van der Waals surface area contributed by atoms with E-state index in [2.05, 4.69) is 90.7 Å². The average molecular weight is 655 g/mol. The lowest BCUT2D eigenvalue weighted by atomic mass is 9.34. The molecule has 0 radical (unpaired) electrons. The Bertz CT molecular complexity index is 1400. The number of hydrogen-bond donors (Lipinski definition) is 3. The van der Waals surface area contributed by atoms with E-state index >= 15 is 0 Å². The molecular formula is C37H62N6O4. The number of aromatic nitrogens is 4. The van der Waals surface area contributed by atoms with Crippen molar-refractivity contribution in [3.8, 4) is 0 Å². The Balaban J connectivity index is 1.45. The fourth-order valence-corrected chi connectivity index (χ4v) is 12.3. The van der Waals surface area contributed by atoms with Gasteiger partial charge in [-0.3, -0.25) is 4.79 Å². The van der Waals surface area contributed by atoms with E-state index in [-0.39, 0.29) is 69.2 Å². The zero-order chi connectivity index (χ0) is 34.5. The number of ether oxygens (including phenoxy) is 2. The molecule has 10 heteroatoms. The first-order chi connectivity index (χ1) is 21.9. The van der Waals surface area contributed by atoms with E-state index in [0.29, 0.717) is 31.0 Å². The number of anilines is 1. The summed E-state index contributed by atoms with van der Waals surface area (Å²) in [5, 5.41) is 24.1. The molecule has 13 atom stereocenters. The molecule has 4 aliphatic carbocycles. The van der Waals surface area contributed by atoms with Crippen molar-refractivity contribution in [2.24, 2.45) is 68.3 Å². The Labute approximate surface area is 282 Å². The summed E-state index contributed by atoms with van der Waals surface area (Å²) in [4.78, 5) is 15.1. The van der Waals surface area contributed by atoms with Gasteiger partial charge in [0, 0.05) is 16.9 Å². The van der Waals surface area contributed by atoms with Crippen LogP contribution in [0.15, 0.2) is 11.6 Å². The average Bonchev–Trinajstić information content (AvgIpc) is 3.43. The fourth-order valence-electron chi connectivity index (χ4n) is 12.3. The first-order valence-electron chi connectivity index (χ1n) is 18.3. The number of carboxylic acids is 1. The second-order valence-corrected chi connectivity index (χ2v) is 18.2. The van der Waals surface area contributed by atoms with Gasteiger partial charge < -0.3 is 26.0 Å². The molecule has 5 aliphatic rings. The van der Waals surface area contributed by atoms with E-state index in [4.69, 9.17) is 20.9 Å². The summed E-state index contributed by atoms with van der Waals surface area (Å²) in [6, 6.07) is -0.308. The van der Waals surface area contributed by atoms with E-state index in [1.54, 1.807) is 4.80 Å². The molecule has 0 aromatic carbocycles. The summed E-state index contributed by atoms with van der Waals surface area (Å²) in [6.45, 7) is 23.7. The van der Waals surface area contributed by atoms with Gasteiger partial charge in [0.25, 0.3) is 5.95 Å². The summed E-state index contributed by atoms with van der Waals surface area (Å²) >= 11 is 0. The van der Waals surface area contributed by atoms with Crippen molar-refractivity contribution in [2.75, 3.05) is 18.9 Å². The highest BCUT2D eigenvalue weighted by atomic mass is 16.5. The number of aliphatic carboxylic acids is 1. The predicted molar refractivity (Wildman–Crippen MR) is 182 cm³/mol. The van der Waals surface area contributed by atoms with Crippen LogP contribution in [-0.2, 0) is 14.3 Å². The van der Waals surface area contributed by atoms with Crippen LogP contribution in [0.3, 0.4) is 0 Å². The zero-order valence-corrected chi connectivity index (χ0v) is 30.6. The second-order valence-electron chi connectivity index (χ2n) is 18.2. The molecule has 264 valence electrons. The number of allylic oxidation sites excluding steroid dienone is 1. The van der Waals surface area contributed by atoms with Gasteiger partial charge in [0.05, 0.1) is 31.3 Å². The lowest BCUT2D eigenvalue weighted by Crippen LogP contribution is -2.69. The third-order valence-corrected chi connectivity index (χ3v) is 15.5. The van der Waals surface area contributed by atoms with Gasteiger partial charge in [0.1, 0.15) is 6.04 Å². The number of nitrogen functional groups attached to an aromatic ring is 1. The molecule has 1 saturated heterocycles. The zero-order valence-electron chi connectivity index (χ0n) is 30.6. The van der Waals surface area contributed by atoms with Crippen molar-refractivity contribution in [1.29, 1.82) is 0 Å². The van der Waals surface area contributed by atoms with Crippen molar-refractivity contribution in [3.05, 3.63) is 11.6 Å². The molecule has 1 aromatic heterocycles. The Hall–Kier alpha value is -2.04. The molecule has 3 unspecified atom stereocenters. The highest BCUT2D eigenvalue weighted by Crippen LogP contribution is 2.75. The number of carboxylic acid groups (broad SMARTS) is 1. The van der Waals surface area contributed by atoms with Crippen LogP contribution in [0.4, 0.5) is 5.95 Å². The van der Waals surface area contributed by atoms with Crippen LogP contribution < -0.4 is 11.5 Å². The van der Waals surface area contributed by atoms with Gasteiger partial charge in [-0.25, -0.2) is 0 Å². The molecule has 3 saturated carbocycles. The largest absolute Gasteiger partial charge is 0.481 e. The normalized spacial score (nSPS) is 45.0. The minimum Gasteiger partial charge on any atom is -0.481 e. The lowest BCUT2D eigenvalue weighted by Gasteiger charge is -2.71. The SMILES string of the molecule is CC(C)C(N)C(C)O[C@H]1[C@H](n2nnc(N)n2)C[C@@]23COCC1(C)[C@@H]2CC[C@H]1C3=CC[C@@]2(C)[C@H](C(=O)O)[C@@](C)([C@H](C)C(C)C)CC[C@]12C. The fraction of sp³-hybridized carbons (Fsp3) is 0.892. The topological polar surface area (TPSA) is 151 Å². The monoisotopic (exact) mass is 654 g/mol. The lowest BCUT2D eigenvalue weighted by molar-refractivity contribution is -0.259. The number of nitrogens with two attached hydrogens (primary N) is 2. The first-order valence-corrected chi connectivity index (χ1v) is 18.3. The van der Waals surface area contributed by atoms with Gasteiger partial charge in [-0.15, -0.1) is 5.10 Å². The molecule has 5 N–H and O–H groups in total. The van der Waals surface area contributed by atoms with Crippen LogP contribution >= 0.6 is 0 Å². The van der Waals surface area contributed by atoms with Crippen LogP contribution in [0.25, 0.3) is 0 Å². The Morgan fingerprint density at radius 1 is 1.04 bits per heavy atom. The summed E-state index contributed by atoms with van der Waals surface area (Å²) in [7, 11) is 0. The van der Waals surface area contributed by atoms with Crippen LogP contribution in [0.1, 0.15) is 114 Å². The minimum atomic E-state index is -0.632. The van der Waals surface area contributed by atoms with E-state index in [1.165, 1.54) is 5.57 Å². The van der Waals surface area contributed by atoms with Gasteiger partial charge in [-0.1, -0.05) is 79.1 Å². The van der Waals surface area contributed by atoms with Crippen LogP contribution in [0.5, 0.6) is 0 Å². The molecule has 10 nitrogen and oxygen atoms in total. The van der Waals surface area contributed by atoms with Gasteiger partial charge >= 0.3 is 5.97 Å². The molecule has 0 spiro atoms. The van der Waals surface area contributed by atoms with Crippen molar-refractivity contribution in [3.63, 3.8) is 0 Å². The number of tetrazole rings is 1. The van der Waals surface area contributed by atoms with E-state index in [0.717, 1.165) is 38.5 Å². The quantitative estimate of drug-likeness (QED) is 0.281. The Kier molecular flexibility index (Phi) is 8.52. The van der Waals surface area contributed by atoms with Crippen molar-refractivity contribution in [2.45, 2.75) is 132 Å². The molecule has 4 fully saturated rings. The second kappa shape index (κ2) is 11.5. The summed E-state index contributed by atoms with van der Waals surface area (Å²) in [6.07, 6.45) is 7.66. The summed E-state index contributed by atoms with van der Waals surface area (Å²) in [5.74, 6) is 0.729.